The SMILES string of the molecule is CC(C)CC(O)CNCCCC(C)(C)C#N. The maximum absolute atomic E-state index is 9.61. The van der Waals surface area contributed by atoms with Gasteiger partial charge in [0.15, 0.2) is 0 Å². The Morgan fingerprint density at radius 3 is 2.50 bits per heavy atom. The van der Waals surface area contributed by atoms with Crippen LogP contribution in [0.4, 0.5) is 0 Å². The molecule has 0 saturated carbocycles. The molecular formula is C13H26N2O. The fourth-order valence-corrected chi connectivity index (χ4v) is 1.61. The van der Waals surface area contributed by atoms with Crippen LogP contribution in [0.5, 0.6) is 0 Å². The standard InChI is InChI=1S/C13H26N2O/c1-11(2)8-12(16)9-15-7-5-6-13(3,4)10-14/h11-12,15-16H,5-9H2,1-4H3. The van der Waals surface area contributed by atoms with E-state index in [1.54, 1.807) is 0 Å². The quantitative estimate of drug-likeness (QED) is 0.624. The van der Waals surface area contributed by atoms with Gasteiger partial charge in [0.25, 0.3) is 0 Å². The molecule has 0 aromatic carbocycles. The minimum absolute atomic E-state index is 0.224. The van der Waals surface area contributed by atoms with E-state index in [9.17, 15) is 5.11 Å². The second kappa shape index (κ2) is 7.65. The normalized spacial score (nSPS) is 13.8. The fourth-order valence-electron chi connectivity index (χ4n) is 1.61. The predicted octanol–water partition coefficient (Wildman–Crippen LogP) is 2.31. The molecule has 94 valence electrons. The number of nitrogens with zero attached hydrogens (tertiary/aromatic N) is 1. The number of aliphatic hydroxyl groups is 1. The predicted molar refractivity (Wildman–Crippen MR) is 67.0 cm³/mol. The molecule has 0 spiro atoms. The van der Waals surface area contributed by atoms with Crippen LogP contribution in [0, 0.1) is 22.7 Å². The van der Waals surface area contributed by atoms with Crippen molar-refractivity contribution in [3.05, 3.63) is 0 Å². The van der Waals surface area contributed by atoms with Crippen molar-refractivity contribution >= 4 is 0 Å². The Morgan fingerprint density at radius 1 is 1.38 bits per heavy atom. The summed E-state index contributed by atoms with van der Waals surface area (Å²) in [5, 5.41) is 21.7. The Kier molecular flexibility index (Phi) is 7.36. The molecule has 0 aromatic rings. The van der Waals surface area contributed by atoms with E-state index in [4.69, 9.17) is 5.26 Å². The Labute approximate surface area is 99.9 Å². The number of aliphatic hydroxyl groups excluding tert-OH is 1. The topological polar surface area (TPSA) is 56.0 Å². The molecule has 0 bridgehead atoms. The third-order valence-electron chi connectivity index (χ3n) is 2.58. The summed E-state index contributed by atoms with van der Waals surface area (Å²) in [6.45, 7) is 9.67. The molecule has 1 unspecified atom stereocenters. The van der Waals surface area contributed by atoms with Gasteiger partial charge in [-0.1, -0.05) is 13.8 Å². The summed E-state index contributed by atoms with van der Waals surface area (Å²) in [4.78, 5) is 0. The molecule has 0 amide bonds. The third-order valence-corrected chi connectivity index (χ3v) is 2.58. The number of nitrogens with one attached hydrogen (secondary N) is 1. The lowest BCUT2D eigenvalue weighted by atomic mass is 9.90. The van der Waals surface area contributed by atoms with Crippen molar-refractivity contribution in [2.45, 2.75) is 53.1 Å². The van der Waals surface area contributed by atoms with Gasteiger partial charge in [-0.15, -0.1) is 0 Å². The molecule has 0 radical (unpaired) electrons. The molecular weight excluding hydrogens is 200 g/mol. The van der Waals surface area contributed by atoms with Crippen LogP contribution in [0.2, 0.25) is 0 Å². The second-order valence-corrected chi connectivity index (χ2v) is 5.59. The first kappa shape index (κ1) is 15.4. The smallest absolute Gasteiger partial charge is 0.0683 e. The van der Waals surface area contributed by atoms with E-state index in [2.05, 4.69) is 25.2 Å². The van der Waals surface area contributed by atoms with Crippen molar-refractivity contribution in [1.29, 1.82) is 5.26 Å². The van der Waals surface area contributed by atoms with Crippen molar-refractivity contribution in [3.63, 3.8) is 0 Å². The van der Waals surface area contributed by atoms with Crippen molar-refractivity contribution < 1.29 is 5.11 Å². The van der Waals surface area contributed by atoms with Gasteiger partial charge < -0.3 is 10.4 Å². The number of hydrogen-bond acceptors (Lipinski definition) is 3. The van der Waals surface area contributed by atoms with Crippen LogP contribution in [0.3, 0.4) is 0 Å². The first-order valence-electron chi connectivity index (χ1n) is 6.17. The lowest BCUT2D eigenvalue weighted by Gasteiger charge is -2.16. The zero-order valence-corrected chi connectivity index (χ0v) is 11.1. The van der Waals surface area contributed by atoms with Crippen LogP contribution in [-0.4, -0.2) is 24.3 Å². The molecule has 0 aromatic heterocycles. The average molecular weight is 226 g/mol. The lowest BCUT2D eigenvalue weighted by Crippen LogP contribution is -2.29. The average Bonchev–Trinajstić information content (AvgIpc) is 2.16. The highest BCUT2D eigenvalue weighted by molar-refractivity contribution is 4.91. The number of hydrogen-bond donors (Lipinski definition) is 2. The van der Waals surface area contributed by atoms with E-state index >= 15 is 0 Å². The maximum atomic E-state index is 9.61. The van der Waals surface area contributed by atoms with E-state index in [-0.39, 0.29) is 11.5 Å². The molecule has 2 N–H and O–H groups in total. The largest absolute Gasteiger partial charge is 0.392 e. The van der Waals surface area contributed by atoms with Gasteiger partial charge in [0.1, 0.15) is 0 Å². The summed E-state index contributed by atoms with van der Waals surface area (Å²) in [7, 11) is 0. The van der Waals surface area contributed by atoms with Gasteiger partial charge in [-0.25, -0.2) is 0 Å². The van der Waals surface area contributed by atoms with Crippen LogP contribution >= 0.6 is 0 Å². The van der Waals surface area contributed by atoms with Gasteiger partial charge in [-0.2, -0.15) is 5.26 Å². The summed E-state index contributed by atoms with van der Waals surface area (Å²) in [6, 6.07) is 2.29. The molecule has 0 rings (SSSR count). The van der Waals surface area contributed by atoms with E-state index in [0.29, 0.717) is 12.5 Å². The van der Waals surface area contributed by atoms with E-state index in [1.807, 2.05) is 13.8 Å². The van der Waals surface area contributed by atoms with Crippen molar-refractivity contribution in [2.24, 2.45) is 11.3 Å². The zero-order chi connectivity index (χ0) is 12.6. The highest BCUT2D eigenvalue weighted by atomic mass is 16.3. The minimum Gasteiger partial charge on any atom is -0.392 e. The maximum Gasteiger partial charge on any atom is 0.0683 e. The molecule has 3 heteroatoms. The fraction of sp³-hybridized carbons (Fsp3) is 0.923. The molecule has 0 aliphatic rings. The summed E-state index contributed by atoms with van der Waals surface area (Å²) < 4.78 is 0. The molecule has 16 heavy (non-hydrogen) atoms. The van der Waals surface area contributed by atoms with Gasteiger partial charge in [0, 0.05) is 6.54 Å². The summed E-state index contributed by atoms with van der Waals surface area (Å²) in [5.74, 6) is 0.536. The molecule has 0 heterocycles. The second-order valence-electron chi connectivity index (χ2n) is 5.59. The van der Waals surface area contributed by atoms with Gasteiger partial charge in [-0.05, 0) is 45.6 Å². The Morgan fingerprint density at radius 2 is 2.00 bits per heavy atom. The monoisotopic (exact) mass is 226 g/mol. The molecule has 0 saturated heterocycles. The van der Waals surface area contributed by atoms with Gasteiger partial charge in [0.05, 0.1) is 17.6 Å². The van der Waals surface area contributed by atoms with Gasteiger partial charge in [0.2, 0.25) is 0 Å². The van der Waals surface area contributed by atoms with E-state index < -0.39 is 0 Å². The third kappa shape index (κ3) is 8.70. The molecule has 0 aliphatic carbocycles. The Balaban J connectivity index is 3.44. The van der Waals surface area contributed by atoms with Crippen molar-refractivity contribution in [1.82, 2.24) is 5.32 Å². The van der Waals surface area contributed by atoms with E-state index in [0.717, 1.165) is 25.8 Å². The zero-order valence-electron chi connectivity index (χ0n) is 11.1. The molecule has 1 atom stereocenters. The van der Waals surface area contributed by atoms with Crippen LogP contribution in [-0.2, 0) is 0 Å². The van der Waals surface area contributed by atoms with Crippen molar-refractivity contribution in [3.8, 4) is 6.07 Å². The van der Waals surface area contributed by atoms with Gasteiger partial charge in [-0.3, -0.25) is 0 Å². The molecule has 0 fully saturated rings. The van der Waals surface area contributed by atoms with Crippen molar-refractivity contribution in [2.75, 3.05) is 13.1 Å². The molecule has 3 nitrogen and oxygen atoms in total. The molecule has 0 aliphatic heterocycles. The highest BCUT2D eigenvalue weighted by Crippen LogP contribution is 2.19. The Hall–Kier alpha value is -0.590. The highest BCUT2D eigenvalue weighted by Gasteiger charge is 2.15. The lowest BCUT2D eigenvalue weighted by molar-refractivity contribution is 0.146. The van der Waals surface area contributed by atoms with E-state index in [1.165, 1.54) is 0 Å². The Bertz CT molecular complexity index is 218. The summed E-state index contributed by atoms with van der Waals surface area (Å²) >= 11 is 0. The van der Waals surface area contributed by atoms with Crippen LogP contribution in [0.25, 0.3) is 0 Å². The summed E-state index contributed by atoms with van der Waals surface area (Å²) in [5.41, 5.74) is -0.224. The number of rotatable bonds is 8. The minimum atomic E-state index is -0.246. The van der Waals surface area contributed by atoms with Crippen LogP contribution in [0.15, 0.2) is 0 Å². The van der Waals surface area contributed by atoms with Crippen LogP contribution in [0.1, 0.15) is 47.0 Å². The summed E-state index contributed by atoms with van der Waals surface area (Å²) in [6.07, 6.45) is 2.48. The first-order valence-corrected chi connectivity index (χ1v) is 6.17. The first-order chi connectivity index (χ1) is 7.37. The van der Waals surface area contributed by atoms with Gasteiger partial charge >= 0.3 is 0 Å². The number of nitriles is 1. The van der Waals surface area contributed by atoms with Crippen LogP contribution < -0.4 is 5.32 Å².